The lowest BCUT2D eigenvalue weighted by Gasteiger charge is -1.82. The van der Waals surface area contributed by atoms with Gasteiger partial charge >= 0.3 is 7.82 Å². The Labute approximate surface area is 73.3 Å². The Hall–Kier alpha value is 0.0700. The van der Waals surface area contributed by atoms with Gasteiger partial charge in [0.15, 0.2) is 0 Å². The minimum Gasteiger partial charge on any atom is -0.397 e. The predicted molar refractivity (Wildman–Crippen MR) is 47.6 cm³/mol. The van der Waals surface area contributed by atoms with Gasteiger partial charge in [0.25, 0.3) is 0 Å². The Bertz CT molecular complexity index is 89.8. The molecule has 12 heavy (non-hydrogen) atoms. The number of aliphatic hydroxyl groups is 1. The summed E-state index contributed by atoms with van der Waals surface area (Å²) in [6, 6.07) is 0. The van der Waals surface area contributed by atoms with E-state index in [1.54, 1.807) is 6.92 Å². The zero-order valence-corrected chi connectivity index (χ0v) is 8.66. The SMILES string of the molecule is CCCC.CCO.O=P(O)(O)O. The molecular formula is C6H19O5P. The molecule has 0 spiro atoms. The maximum absolute atomic E-state index is 8.88. The molecule has 0 unspecified atom stereocenters. The van der Waals surface area contributed by atoms with Gasteiger partial charge in [0, 0.05) is 6.61 Å². The van der Waals surface area contributed by atoms with Crippen molar-refractivity contribution < 1.29 is 24.4 Å². The molecule has 0 radical (unpaired) electrons. The van der Waals surface area contributed by atoms with E-state index >= 15 is 0 Å². The van der Waals surface area contributed by atoms with Gasteiger partial charge in [-0.25, -0.2) is 4.57 Å². The number of hydrogen-bond acceptors (Lipinski definition) is 2. The van der Waals surface area contributed by atoms with Gasteiger partial charge in [-0.05, 0) is 6.92 Å². The largest absolute Gasteiger partial charge is 0.466 e. The molecule has 6 heteroatoms. The van der Waals surface area contributed by atoms with E-state index in [1.807, 2.05) is 0 Å². The zero-order chi connectivity index (χ0) is 10.6. The summed E-state index contributed by atoms with van der Waals surface area (Å²) < 4.78 is 8.88. The van der Waals surface area contributed by atoms with E-state index in [-0.39, 0.29) is 6.61 Å². The monoisotopic (exact) mass is 202 g/mol. The van der Waals surface area contributed by atoms with E-state index in [9.17, 15) is 0 Å². The van der Waals surface area contributed by atoms with Gasteiger partial charge < -0.3 is 19.8 Å². The molecule has 5 nitrogen and oxygen atoms in total. The fourth-order valence-corrected chi connectivity index (χ4v) is 0. The Balaban J connectivity index is -0.000000105. The van der Waals surface area contributed by atoms with Crippen molar-refractivity contribution in [1.29, 1.82) is 0 Å². The van der Waals surface area contributed by atoms with Crippen molar-refractivity contribution in [2.75, 3.05) is 6.61 Å². The fourth-order valence-electron chi connectivity index (χ4n) is 0. The van der Waals surface area contributed by atoms with Crippen molar-refractivity contribution in [3.05, 3.63) is 0 Å². The first-order chi connectivity index (χ1) is 5.33. The van der Waals surface area contributed by atoms with Crippen molar-refractivity contribution in [2.45, 2.75) is 33.6 Å². The molecule has 0 bridgehead atoms. The molecule has 0 aromatic carbocycles. The van der Waals surface area contributed by atoms with E-state index in [0.717, 1.165) is 0 Å². The lowest BCUT2D eigenvalue weighted by molar-refractivity contribution is 0.275. The van der Waals surface area contributed by atoms with Crippen LogP contribution in [-0.4, -0.2) is 26.4 Å². The van der Waals surface area contributed by atoms with Crippen LogP contribution in [0, 0.1) is 0 Å². The summed E-state index contributed by atoms with van der Waals surface area (Å²) in [5.41, 5.74) is 0. The van der Waals surface area contributed by atoms with Gasteiger partial charge in [-0.3, -0.25) is 0 Å². The highest BCUT2D eigenvalue weighted by atomic mass is 31.2. The van der Waals surface area contributed by atoms with Crippen LogP contribution in [0.15, 0.2) is 0 Å². The fraction of sp³-hybridized carbons (Fsp3) is 1.00. The Morgan fingerprint density at radius 2 is 1.08 bits per heavy atom. The second-order valence-electron chi connectivity index (χ2n) is 1.83. The van der Waals surface area contributed by atoms with Gasteiger partial charge in [0.2, 0.25) is 0 Å². The summed E-state index contributed by atoms with van der Waals surface area (Å²) in [5, 5.41) is 7.57. The van der Waals surface area contributed by atoms with Crippen molar-refractivity contribution in [2.24, 2.45) is 0 Å². The second-order valence-corrected chi connectivity index (χ2v) is 2.86. The van der Waals surface area contributed by atoms with Crippen LogP contribution in [0.5, 0.6) is 0 Å². The first-order valence-electron chi connectivity index (χ1n) is 3.72. The van der Waals surface area contributed by atoms with Crippen LogP contribution in [0.25, 0.3) is 0 Å². The van der Waals surface area contributed by atoms with Gasteiger partial charge in [0.05, 0.1) is 0 Å². The molecule has 78 valence electrons. The lowest BCUT2D eigenvalue weighted by Crippen LogP contribution is -1.66. The molecular weight excluding hydrogens is 183 g/mol. The smallest absolute Gasteiger partial charge is 0.397 e. The molecule has 0 aromatic heterocycles. The Morgan fingerprint density at radius 3 is 1.08 bits per heavy atom. The van der Waals surface area contributed by atoms with Gasteiger partial charge in [-0.15, -0.1) is 0 Å². The maximum atomic E-state index is 8.88. The van der Waals surface area contributed by atoms with E-state index < -0.39 is 7.82 Å². The maximum Gasteiger partial charge on any atom is 0.466 e. The average Bonchev–Trinajstić information content (AvgIpc) is 1.85. The van der Waals surface area contributed by atoms with Crippen LogP contribution >= 0.6 is 7.82 Å². The van der Waals surface area contributed by atoms with Crippen LogP contribution in [0.2, 0.25) is 0 Å². The molecule has 0 saturated carbocycles. The molecule has 0 amide bonds. The zero-order valence-electron chi connectivity index (χ0n) is 7.77. The third-order valence-electron chi connectivity index (χ3n) is 0.500. The van der Waals surface area contributed by atoms with Crippen molar-refractivity contribution in [3.8, 4) is 0 Å². The van der Waals surface area contributed by atoms with Crippen molar-refractivity contribution in [1.82, 2.24) is 0 Å². The molecule has 0 aliphatic rings. The molecule has 0 atom stereocenters. The summed E-state index contributed by atoms with van der Waals surface area (Å²) in [6.07, 6.45) is 2.64. The molecule has 0 fully saturated rings. The van der Waals surface area contributed by atoms with Gasteiger partial charge in [-0.1, -0.05) is 26.7 Å². The van der Waals surface area contributed by atoms with Crippen LogP contribution in [0.3, 0.4) is 0 Å². The quantitative estimate of drug-likeness (QED) is 0.473. The first kappa shape index (κ1) is 18.0. The second kappa shape index (κ2) is 13.6. The summed E-state index contributed by atoms with van der Waals surface area (Å²) in [7, 11) is -4.64. The van der Waals surface area contributed by atoms with E-state index in [4.69, 9.17) is 24.4 Å². The highest BCUT2D eigenvalue weighted by Gasteiger charge is 2.00. The Morgan fingerprint density at radius 1 is 1.00 bits per heavy atom. The molecule has 0 saturated heterocycles. The highest BCUT2D eigenvalue weighted by molar-refractivity contribution is 7.45. The standard InChI is InChI=1S/C4H10.C2H6O.H3O4P/c1-3-4-2;1-2-3;1-5(2,3)4/h3-4H2,1-2H3;3H,2H2,1H3;(H3,1,2,3,4). The summed E-state index contributed by atoms with van der Waals surface area (Å²) in [4.78, 5) is 21.6. The number of phosphoric acid groups is 1. The number of unbranched alkanes of at least 4 members (excludes halogenated alkanes) is 1. The minimum absolute atomic E-state index is 0.250. The molecule has 0 aromatic rings. The molecule has 0 aliphatic heterocycles. The Kier molecular flexibility index (Phi) is 20.4. The third-order valence-corrected chi connectivity index (χ3v) is 0.500. The molecule has 0 aliphatic carbocycles. The number of hydrogen-bond donors (Lipinski definition) is 4. The minimum atomic E-state index is -4.64. The van der Waals surface area contributed by atoms with Gasteiger partial charge in [0.1, 0.15) is 0 Å². The number of aliphatic hydroxyl groups excluding tert-OH is 1. The number of rotatable bonds is 1. The van der Waals surface area contributed by atoms with Gasteiger partial charge in [-0.2, -0.15) is 0 Å². The van der Waals surface area contributed by atoms with Crippen molar-refractivity contribution >= 4 is 7.82 Å². The van der Waals surface area contributed by atoms with Crippen LogP contribution in [0.4, 0.5) is 0 Å². The molecule has 4 N–H and O–H groups in total. The first-order valence-corrected chi connectivity index (χ1v) is 5.29. The van der Waals surface area contributed by atoms with Crippen molar-refractivity contribution in [3.63, 3.8) is 0 Å². The average molecular weight is 202 g/mol. The molecule has 0 rings (SSSR count). The summed E-state index contributed by atoms with van der Waals surface area (Å²) in [5.74, 6) is 0. The van der Waals surface area contributed by atoms with E-state index in [0.29, 0.717) is 0 Å². The van der Waals surface area contributed by atoms with Crippen LogP contribution in [0.1, 0.15) is 33.6 Å². The third kappa shape index (κ3) is 724. The molecule has 0 heterocycles. The highest BCUT2D eigenvalue weighted by Crippen LogP contribution is 2.25. The summed E-state index contributed by atoms with van der Waals surface area (Å²) >= 11 is 0. The predicted octanol–water partition coefficient (Wildman–Crippen LogP) is 0.876. The van der Waals surface area contributed by atoms with E-state index in [1.165, 1.54) is 12.8 Å². The topological polar surface area (TPSA) is 98.0 Å². The normalized spacial score (nSPS) is 8.92. The summed E-state index contributed by atoms with van der Waals surface area (Å²) in [6.45, 7) is 6.29. The van der Waals surface area contributed by atoms with Crippen LogP contribution in [-0.2, 0) is 4.57 Å². The van der Waals surface area contributed by atoms with E-state index in [2.05, 4.69) is 13.8 Å². The lowest BCUT2D eigenvalue weighted by atomic mass is 10.4. The van der Waals surface area contributed by atoms with Crippen LogP contribution < -0.4 is 0 Å².